The van der Waals surface area contributed by atoms with Crippen molar-refractivity contribution in [1.29, 1.82) is 0 Å². The summed E-state index contributed by atoms with van der Waals surface area (Å²) in [7, 11) is 0. The van der Waals surface area contributed by atoms with Crippen LogP contribution in [-0.4, -0.2) is 22.5 Å². The number of pyridine rings is 1. The second-order valence-electron chi connectivity index (χ2n) is 5.14. The van der Waals surface area contributed by atoms with E-state index in [-0.39, 0.29) is 11.9 Å². The highest BCUT2D eigenvalue weighted by atomic mass is 32.2. The molecule has 2 nitrogen and oxygen atoms in total. The molecule has 1 aliphatic carbocycles. The first kappa shape index (κ1) is 14.8. The maximum absolute atomic E-state index is 13.9. The summed E-state index contributed by atoms with van der Waals surface area (Å²) in [6, 6.07) is 1.91. The number of nitrogens with zero attached hydrogens (tertiary/aromatic N) is 1. The van der Waals surface area contributed by atoms with Crippen LogP contribution in [0.3, 0.4) is 0 Å². The van der Waals surface area contributed by atoms with Gasteiger partial charge in [-0.2, -0.15) is 11.8 Å². The molecule has 1 aliphatic rings. The lowest BCUT2D eigenvalue weighted by Gasteiger charge is -2.20. The smallest absolute Gasteiger partial charge is 0.146 e. The van der Waals surface area contributed by atoms with Crippen molar-refractivity contribution in [3.63, 3.8) is 0 Å². The largest absolute Gasteiger partial charge is 0.309 e. The number of thioether (sulfide) groups is 1. The normalized spacial score (nSPS) is 17.8. The van der Waals surface area contributed by atoms with E-state index in [1.807, 2.05) is 11.8 Å². The average Bonchev–Trinajstić information content (AvgIpc) is 2.93. The van der Waals surface area contributed by atoms with Gasteiger partial charge in [-0.25, -0.2) is 4.39 Å². The van der Waals surface area contributed by atoms with Crippen molar-refractivity contribution >= 4 is 11.8 Å². The number of hydrogen-bond donors (Lipinski definition) is 1. The van der Waals surface area contributed by atoms with E-state index in [2.05, 4.69) is 17.2 Å². The van der Waals surface area contributed by atoms with E-state index >= 15 is 0 Å². The van der Waals surface area contributed by atoms with Crippen molar-refractivity contribution in [3.8, 4) is 0 Å². The minimum atomic E-state index is -0.192. The van der Waals surface area contributed by atoms with Gasteiger partial charge in [0.2, 0.25) is 0 Å². The summed E-state index contributed by atoms with van der Waals surface area (Å²) in [4.78, 5) is 3.84. The first-order valence-corrected chi connectivity index (χ1v) is 8.30. The molecule has 0 aromatic carbocycles. The number of aromatic nitrogens is 1. The molecule has 0 aliphatic heterocycles. The van der Waals surface area contributed by atoms with Gasteiger partial charge in [-0.15, -0.1) is 0 Å². The van der Waals surface area contributed by atoms with E-state index in [0.717, 1.165) is 29.5 Å². The first-order valence-electron chi connectivity index (χ1n) is 7.25. The molecule has 106 valence electrons. The summed E-state index contributed by atoms with van der Waals surface area (Å²) >= 11 is 2.00. The van der Waals surface area contributed by atoms with Gasteiger partial charge in [0.1, 0.15) is 5.82 Å². The number of nitrogens with one attached hydrogen (secondary N) is 1. The predicted octanol–water partition coefficient (Wildman–Crippen LogP) is 3.94. The highest BCUT2D eigenvalue weighted by molar-refractivity contribution is 7.99. The SMILES string of the molecule is CCCNC(CSC1CCCC1)c1ccncc1F. The summed E-state index contributed by atoms with van der Waals surface area (Å²) in [5.74, 6) is 0.758. The molecule has 1 aromatic heterocycles. The first-order chi connectivity index (χ1) is 9.31. The Morgan fingerprint density at radius 1 is 1.47 bits per heavy atom. The van der Waals surface area contributed by atoms with Gasteiger partial charge in [-0.05, 0) is 31.9 Å². The maximum Gasteiger partial charge on any atom is 0.146 e. The Balaban J connectivity index is 1.96. The van der Waals surface area contributed by atoms with E-state index in [4.69, 9.17) is 0 Å². The molecule has 1 unspecified atom stereocenters. The topological polar surface area (TPSA) is 24.9 Å². The van der Waals surface area contributed by atoms with Gasteiger partial charge in [-0.3, -0.25) is 4.98 Å². The van der Waals surface area contributed by atoms with Crippen molar-refractivity contribution < 1.29 is 4.39 Å². The Hall–Kier alpha value is -0.610. The Kier molecular flexibility index (Phi) is 6.11. The summed E-state index contributed by atoms with van der Waals surface area (Å²) in [6.07, 6.45) is 9.42. The summed E-state index contributed by atoms with van der Waals surface area (Å²) in [5.41, 5.74) is 0.758. The molecule has 0 amide bonds. The maximum atomic E-state index is 13.9. The van der Waals surface area contributed by atoms with Crippen LogP contribution in [0.2, 0.25) is 0 Å². The number of rotatable bonds is 7. The fourth-order valence-corrected chi connectivity index (χ4v) is 3.96. The molecule has 1 heterocycles. The zero-order valence-corrected chi connectivity index (χ0v) is 12.4. The molecule has 1 saturated carbocycles. The van der Waals surface area contributed by atoms with Crippen molar-refractivity contribution in [2.45, 2.75) is 50.3 Å². The van der Waals surface area contributed by atoms with Crippen molar-refractivity contribution in [2.24, 2.45) is 0 Å². The molecule has 0 spiro atoms. The van der Waals surface area contributed by atoms with Crippen LogP contribution in [0, 0.1) is 5.82 Å². The molecular weight excluding hydrogens is 259 g/mol. The van der Waals surface area contributed by atoms with Crippen LogP contribution in [0.1, 0.15) is 50.6 Å². The second-order valence-corrected chi connectivity index (χ2v) is 6.48. The van der Waals surface area contributed by atoms with Gasteiger partial charge in [0.05, 0.1) is 6.20 Å². The third-order valence-electron chi connectivity index (χ3n) is 3.62. The Labute approximate surface area is 119 Å². The van der Waals surface area contributed by atoms with E-state index in [0.29, 0.717) is 0 Å². The molecule has 2 rings (SSSR count). The predicted molar refractivity (Wildman–Crippen MR) is 79.9 cm³/mol. The van der Waals surface area contributed by atoms with Gasteiger partial charge in [-0.1, -0.05) is 19.8 Å². The average molecular weight is 282 g/mol. The van der Waals surface area contributed by atoms with Gasteiger partial charge in [0.15, 0.2) is 0 Å². The van der Waals surface area contributed by atoms with Crippen LogP contribution in [0.25, 0.3) is 0 Å². The van der Waals surface area contributed by atoms with Crippen molar-refractivity contribution in [1.82, 2.24) is 10.3 Å². The zero-order chi connectivity index (χ0) is 13.5. The zero-order valence-electron chi connectivity index (χ0n) is 11.6. The lowest BCUT2D eigenvalue weighted by Crippen LogP contribution is -2.25. The highest BCUT2D eigenvalue weighted by Gasteiger charge is 2.20. The van der Waals surface area contributed by atoms with Crippen LogP contribution in [-0.2, 0) is 0 Å². The van der Waals surface area contributed by atoms with Crippen molar-refractivity contribution in [2.75, 3.05) is 12.3 Å². The number of hydrogen-bond acceptors (Lipinski definition) is 3. The molecular formula is C15H23FN2S. The van der Waals surface area contributed by atoms with Gasteiger partial charge >= 0.3 is 0 Å². The van der Waals surface area contributed by atoms with Gasteiger partial charge in [0, 0.05) is 28.8 Å². The molecule has 1 atom stereocenters. The molecule has 1 fully saturated rings. The molecule has 1 N–H and O–H groups in total. The van der Waals surface area contributed by atoms with E-state index in [1.54, 1.807) is 12.3 Å². The summed E-state index contributed by atoms with van der Waals surface area (Å²) in [5, 5.41) is 4.24. The summed E-state index contributed by atoms with van der Waals surface area (Å²) in [6.45, 7) is 3.06. The van der Waals surface area contributed by atoms with Crippen LogP contribution in [0.15, 0.2) is 18.5 Å². The number of halogens is 1. The van der Waals surface area contributed by atoms with Crippen LogP contribution in [0.4, 0.5) is 4.39 Å². The van der Waals surface area contributed by atoms with Crippen LogP contribution in [0.5, 0.6) is 0 Å². The second kappa shape index (κ2) is 7.85. The van der Waals surface area contributed by atoms with Crippen LogP contribution < -0.4 is 5.32 Å². The lowest BCUT2D eigenvalue weighted by atomic mass is 10.1. The van der Waals surface area contributed by atoms with Crippen LogP contribution >= 0.6 is 11.8 Å². The molecule has 4 heteroatoms. The third-order valence-corrected chi connectivity index (χ3v) is 5.09. The van der Waals surface area contributed by atoms with E-state index in [1.165, 1.54) is 31.9 Å². The minimum absolute atomic E-state index is 0.105. The summed E-state index contributed by atoms with van der Waals surface area (Å²) < 4.78 is 13.9. The lowest BCUT2D eigenvalue weighted by molar-refractivity contribution is 0.529. The van der Waals surface area contributed by atoms with Gasteiger partial charge < -0.3 is 5.32 Å². The quantitative estimate of drug-likeness (QED) is 0.820. The Morgan fingerprint density at radius 3 is 2.95 bits per heavy atom. The monoisotopic (exact) mass is 282 g/mol. The molecule has 0 saturated heterocycles. The fraction of sp³-hybridized carbons (Fsp3) is 0.667. The third kappa shape index (κ3) is 4.46. The minimum Gasteiger partial charge on any atom is -0.309 e. The highest BCUT2D eigenvalue weighted by Crippen LogP contribution is 2.32. The molecule has 19 heavy (non-hydrogen) atoms. The Bertz CT molecular complexity index is 380. The molecule has 0 radical (unpaired) electrons. The molecule has 1 aromatic rings. The molecule has 0 bridgehead atoms. The van der Waals surface area contributed by atoms with Gasteiger partial charge in [0.25, 0.3) is 0 Å². The van der Waals surface area contributed by atoms with E-state index in [9.17, 15) is 4.39 Å². The van der Waals surface area contributed by atoms with Crippen molar-refractivity contribution in [3.05, 3.63) is 29.8 Å². The standard InChI is InChI=1S/C15H23FN2S/c1-2-8-18-15(11-19-12-5-3-4-6-12)13-7-9-17-10-14(13)16/h7,9-10,12,15,18H,2-6,8,11H2,1H3. The Morgan fingerprint density at radius 2 is 2.26 bits per heavy atom. The fourth-order valence-electron chi connectivity index (χ4n) is 2.53. The van der Waals surface area contributed by atoms with E-state index < -0.39 is 0 Å².